The first kappa shape index (κ1) is 11.8. The van der Waals surface area contributed by atoms with Crippen molar-refractivity contribution in [3.8, 4) is 5.75 Å². The van der Waals surface area contributed by atoms with Gasteiger partial charge in [0, 0.05) is 6.07 Å². The van der Waals surface area contributed by atoms with E-state index < -0.39 is 17.7 Å². The van der Waals surface area contributed by atoms with Gasteiger partial charge in [0.25, 0.3) is 0 Å². The lowest BCUT2D eigenvalue weighted by Crippen LogP contribution is -2.08. The van der Waals surface area contributed by atoms with Crippen LogP contribution >= 0.6 is 0 Å². The lowest BCUT2D eigenvalue weighted by Gasteiger charge is -2.01. The first-order valence-corrected chi connectivity index (χ1v) is 5.05. The molecule has 0 bridgehead atoms. The van der Waals surface area contributed by atoms with Gasteiger partial charge >= 0.3 is 11.9 Å². The molecule has 0 unspecified atom stereocenters. The monoisotopic (exact) mass is 247 g/mol. The second-order valence-corrected chi connectivity index (χ2v) is 3.59. The SMILES string of the molecule is Cc1cccc(OC(=O)c2cc(C(=O)O)on2)c1. The smallest absolute Gasteiger partial charge is 0.374 e. The number of aryl methyl sites for hydroxylation is 1. The Morgan fingerprint density at radius 1 is 1.33 bits per heavy atom. The second-order valence-electron chi connectivity index (χ2n) is 3.59. The van der Waals surface area contributed by atoms with Gasteiger partial charge in [-0.25, -0.2) is 9.59 Å². The first-order valence-electron chi connectivity index (χ1n) is 5.05. The average molecular weight is 247 g/mol. The van der Waals surface area contributed by atoms with Crippen molar-refractivity contribution in [2.45, 2.75) is 6.92 Å². The number of ether oxygens (including phenoxy) is 1. The molecule has 0 saturated carbocycles. The summed E-state index contributed by atoms with van der Waals surface area (Å²) >= 11 is 0. The summed E-state index contributed by atoms with van der Waals surface area (Å²) in [6, 6.07) is 7.90. The first-order chi connectivity index (χ1) is 8.56. The Labute approximate surface area is 102 Å². The number of carboxylic acids is 1. The highest BCUT2D eigenvalue weighted by atomic mass is 16.5. The van der Waals surface area contributed by atoms with E-state index in [1.165, 1.54) is 0 Å². The second kappa shape index (κ2) is 4.70. The van der Waals surface area contributed by atoms with E-state index in [4.69, 9.17) is 9.84 Å². The predicted molar refractivity (Wildman–Crippen MR) is 59.6 cm³/mol. The number of nitrogens with zero attached hydrogens (tertiary/aromatic N) is 1. The number of carboxylic acid groups (broad SMARTS) is 1. The fourth-order valence-electron chi connectivity index (χ4n) is 1.31. The van der Waals surface area contributed by atoms with Gasteiger partial charge in [0.2, 0.25) is 5.76 Å². The highest BCUT2D eigenvalue weighted by Crippen LogP contribution is 2.14. The van der Waals surface area contributed by atoms with Gasteiger partial charge in [-0.1, -0.05) is 17.3 Å². The van der Waals surface area contributed by atoms with Gasteiger partial charge in [0.1, 0.15) is 5.75 Å². The molecule has 1 N–H and O–H groups in total. The Balaban J connectivity index is 2.14. The lowest BCUT2D eigenvalue weighted by atomic mass is 10.2. The van der Waals surface area contributed by atoms with Gasteiger partial charge in [0.05, 0.1) is 0 Å². The van der Waals surface area contributed by atoms with E-state index in [2.05, 4.69) is 9.68 Å². The lowest BCUT2D eigenvalue weighted by molar-refractivity contribution is 0.0647. The Morgan fingerprint density at radius 2 is 2.11 bits per heavy atom. The van der Waals surface area contributed by atoms with Crippen LogP contribution in [0, 0.1) is 6.92 Å². The molecule has 18 heavy (non-hydrogen) atoms. The van der Waals surface area contributed by atoms with Crippen LogP contribution in [0.2, 0.25) is 0 Å². The maximum Gasteiger partial charge on any atom is 0.374 e. The van der Waals surface area contributed by atoms with E-state index in [0.717, 1.165) is 11.6 Å². The zero-order valence-electron chi connectivity index (χ0n) is 9.41. The summed E-state index contributed by atoms with van der Waals surface area (Å²) in [7, 11) is 0. The molecule has 0 spiro atoms. The summed E-state index contributed by atoms with van der Waals surface area (Å²) in [5, 5.41) is 11.9. The van der Waals surface area contributed by atoms with E-state index >= 15 is 0 Å². The van der Waals surface area contributed by atoms with Crippen LogP contribution in [0.1, 0.15) is 26.6 Å². The molecule has 0 fully saturated rings. The molecule has 2 rings (SSSR count). The summed E-state index contributed by atoms with van der Waals surface area (Å²) in [6.07, 6.45) is 0. The van der Waals surface area contributed by atoms with Crippen molar-refractivity contribution in [2.24, 2.45) is 0 Å². The number of esters is 1. The summed E-state index contributed by atoms with van der Waals surface area (Å²) in [6.45, 7) is 1.86. The Hall–Kier alpha value is -2.63. The Kier molecular flexibility index (Phi) is 3.09. The molecule has 0 atom stereocenters. The van der Waals surface area contributed by atoms with Crippen LogP contribution in [0.25, 0.3) is 0 Å². The quantitative estimate of drug-likeness (QED) is 0.658. The van der Waals surface area contributed by atoms with Crippen LogP contribution in [0.5, 0.6) is 5.75 Å². The van der Waals surface area contributed by atoms with Gasteiger partial charge in [-0.3, -0.25) is 0 Å². The minimum absolute atomic E-state index is 0.186. The third-order valence-electron chi connectivity index (χ3n) is 2.13. The molecule has 0 aliphatic heterocycles. The summed E-state index contributed by atoms with van der Waals surface area (Å²) in [5.74, 6) is -2.11. The summed E-state index contributed by atoms with van der Waals surface area (Å²) in [5.41, 5.74) is 0.751. The van der Waals surface area contributed by atoms with Gasteiger partial charge in [0.15, 0.2) is 5.69 Å². The van der Waals surface area contributed by atoms with Gasteiger partial charge in [-0.15, -0.1) is 0 Å². The molecule has 0 aliphatic carbocycles. The topological polar surface area (TPSA) is 89.6 Å². The molecule has 92 valence electrons. The molecule has 0 radical (unpaired) electrons. The number of hydrogen-bond donors (Lipinski definition) is 1. The zero-order chi connectivity index (χ0) is 13.1. The number of carbonyl (C=O) groups is 2. The Morgan fingerprint density at radius 3 is 2.72 bits per heavy atom. The van der Waals surface area contributed by atoms with E-state index in [1.54, 1.807) is 18.2 Å². The summed E-state index contributed by atoms with van der Waals surface area (Å²) in [4.78, 5) is 22.2. The van der Waals surface area contributed by atoms with Gasteiger partial charge in [-0.05, 0) is 24.6 Å². The molecule has 0 aliphatic rings. The number of hydrogen-bond acceptors (Lipinski definition) is 5. The van der Waals surface area contributed by atoms with Crippen molar-refractivity contribution in [3.63, 3.8) is 0 Å². The third kappa shape index (κ3) is 2.54. The number of aromatic carboxylic acids is 1. The Bertz CT molecular complexity index is 602. The fraction of sp³-hybridized carbons (Fsp3) is 0.0833. The third-order valence-corrected chi connectivity index (χ3v) is 2.13. The summed E-state index contributed by atoms with van der Waals surface area (Å²) < 4.78 is 9.48. The highest BCUT2D eigenvalue weighted by Gasteiger charge is 2.18. The van der Waals surface area contributed by atoms with E-state index in [1.807, 2.05) is 13.0 Å². The average Bonchev–Trinajstić information content (AvgIpc) is 2.78. The normalized spacial score (nSPS) is 10.1. The van der Waals surface area contributed by atoms with Crippen LogP contribution in [0.4, 0.5) is 0 Å². The molecule has 6 heteroatoms. The van der Waals surface area contributed by atoms with E-state index in [-0.39, 0.29) is 5.69 Å². The fourth-order valence-corrected chi connectivity index (χ4v) is 1.31. The minimum atomic E-state index is -1.29. The van der Waals surface area contributed by atoms with Gasteiger partial charge in [-0.2, -0.15) is 0 Å². The van der Waals surface area contributed by atoms with Gasteiger partial charge < -0.3 is 14.4 Å². The number of carbonyl (C=O) groups excluding carboxylic acids is 1. The highest BCUT2D eigenvalue weighted by molar-refractivity contribution is 5.92. The zero-order valence-corrected chi connectivity index (χ0v) is 9.41. The largest absolute Gasteiger partial charge is 0.475 e. The van der Waals surface area contributed by atoms with E-state index in [9.17, 15) is 9.59 Å². The molecule has 6 nitrogen and oxygen atoms in total. The molecular weight excluding hydrogens is 238 g/mol. The van der Waals surface area contributed by atoms with E-state index in [0.29, 0.717) is 5.75 Å². The molecule has 1 heterocycles. The predicted octanol–water partition coefficient (Wildman–Crippen LogP) is 1.90. The number of rotatable bonds is 3. The molecule has 2 aromatic rings. The van der Waals surface area contributed by atoms with Crippen molar-refractivity contribution in [1.29, 1.82) is 0 Å². The molecule has 0 saturated heterocycles. The minimum Gasteiger partial charge on any atom is -0.475 e. The number of aromatic nitrogens is 1. The van der Waals surface area contributed by atoms with Crippen LogP contribution in [0.15, 0.2) is 34.9 Å². The molecule has 1 aromatic heterocycles. The van der Waals surface area contributed by atoms with Crippen molar-refractivity contribution in [3.05, 3.63) is 47.3 Å². The van der Waals surface area contributed by atoms with Crippen LogP contribution in [-0.4, -0.2) is 22.2 Å². The van der Waals surface area contributed by atoms with Crippen LogP contribution in [0.3, 0.4) is 0 Å². The molecule has 1 aromatic carbocycles. The standard InChI is InChI=1S/C12H9NO5/c1-7-3-2-4-8(5-7)17-12(16)9-6-10(11(14)15)18-13-9/h2-6H,1H3,(H,14,15). The molecule has 0 amide bonds. The van der Waals surface area contributed by atoms with Crippen molar-refractivity contribution in [1.82, 2.24) is 5.16 Å². The molecular formula is C12H9NO5. The van der Waals surface area contributed by atoms with Crippen molar-refractivity contribution >= 4 is 11.9 Å². The van der Waals surface area contributed by atoms with Crippen molar-refractivity contribution < 1.29 is 24.0 Å². The van der Waals surface area contributed by atoms with Crippen LogP contribution in [-0.2, 0) is 0 Å². The van der Waals surface area contributed by atoms with Crippen molar-refractivity contribution in [2.75, 3.05) is 0 Å². The maximum absolute atomic E-state index is 11.6. The maximum atomic E-state index is 11.6. The number of benzene rings is 1. The van der Waals surface area contributed by atoms with Crippen LogP contribution < -0.4 is 4.74 Å².